The summed E-state index contributed by atoms with van der Waals surface area (Å²) in [7, 11) is 0. The fraction of sp³-hybridized carbons (Fsp3) is 0.440. The molecule has 2 N–H and O–H groups in total. The maximum atomic E-state index is 12.6. The summed E-state index contributed by atoms with van der Waals surface area (Å²) in [5, 5.41) is 5.73. The second-order valence-electron chi connectivity index (χ2n) is 8.89. The number of rotatable bonds is 7. The second kappa shape index (κ2) is 11.1. The van der Waals surface area contributed by atoms with Gasteiger partial charge in [0.25, 0.3) is 5.91 Å². The minimum Gasteiger partial charge on any atom is -0.444 e. The van der Waals surface area contributed by atoms with Crippen molar-refractivity contribution in [2.24, 2.45) is 0 Å². The Morgan fingerprint density at radius 2 is 1.59 bits per heavy atom. The number of ether oxygens (including phenoxy) is 2. The number of nitrogens with one attached hydrogen (secondary N) is 2. The van der Waals surface area contributed by atoms with Gasteiger partial charge in [-0.3, -0.25) is 9.69 Å². The minimum absolute atomic E-state index is 0.127. The van der Waals surface area contributed by atoms with Crippen LogP contribution in [-0.4, -0.2) is 48.8 Å². The Hall–Kier alpha value is -2.90. The van der Waals surface area contributed by atoms with Gasteiger partial charge in [0, 0.05) is 38.3 Å². The Balaban J connectivity index is 1.50. The van der Waals surface area contributed by atoms with E-state index in [-0.39, 0.29) is 5.91 Å². The molecule has 2 aromatic carbocycles. The van der Waals surface area contributed by atoms with Gasteiger partial charge in [-0.15, -0.1) is 0 Å². The Bertz CT molecular complexity index is 900. The van der Waals surface area contributed by atoms with E-state index in [2.05, 4.69) is 27.7 Å². The molecule has 0 radical (unpaired) electrons. The molecule has 1 aliphatic rings. The van der Waals surface area contributed by atoms with Crippen LogP contribution in [0.1, 0.15) is 47.8 Å². The molecule has 2 aromatic rings. The molecule has 3 rings (SSSR count). The lowest BCUT2D eigenvalue weighted by Crippen LogP contribution is -2.36. The zero-order valence-corrected chi connectivity index (χ0v) is 19.1. The van der Waals surface area contributed by atoms with Gasteiger partial charge in [0.15, 0.2) is 0 Å². The number of hydrogen-bond donors (Lipinski definition) is 2. The Kier molecular flexibility index (Phi) is 8.25. The first-order valence-corrected chi connectivity index (χ1v) is 11.0. The van der Waals surface area contributed by atoms with Crippen molar-refractivity contribution < 1.29 is 19.1 Å². The maximum Gasteiger partial charge on any atom is 0.407 e. The molecule has 0 spiro atoms. The molecule has 32 heavy (non-hydrogen) atoms. The molecule has 7 nitrogen and oxygen atoms in total. The van der Waals surface area contributed by atoms with Crippen LogP contribution >= 0.6 is 0 Å². The first-order valence-electron chi connectivity index (χ1n) is 11.0. The molecular weight excluding hydrogens is 406 g/mol. The molecule has 0 aliphatic carbocycles. The van der Waals surface area contributed by atoms with Gasteiger partial charge in [-0.05, 0) is 49.6 Å². The van der Waals surface area contributed by atoms with Crippen molar-refractivity contribution in [2.75, 3.05) is 26.3 Å². The van der Waals surface area contributed by atoms with Crippen LogP contribution in [0.5, 0.6) is 0 Å². The number of hydrogen-bond acceptors (Lipinski definition) is 5. The molecule has 1 aliphatic heterocycles. The van der Waals surface area contributed by atoms with Gasteiger partial charge < -0.3 is 20.1 Å². The Morgan fingerprint density at radius 3 is 2.25 bits per heavy atom. The number of amides is 2. The van der Waals surface area contributed by atoms with E-state index in [4.69, 9.17) is 9.47 Å². The highest BCUT2D eigenvalue weighted by Crippen LogP contribution is 2.14. The number of alkyl carbamates (subject to hydrolysis) is 1. The highest BCUT2D eigenvalue weighted by molar-refractivity contribution is 5.94. The van der Waals surface area contributed by atoms with E-state index in [9.17, 15) is 9.59 Å². The van der Waals surface area contributed by atoms with Crippen molar-refractivity contribution in [2.45, 2.75) is 46.0 Å². The Morgan fingerprint density at radius 1 is 0.938 bits per heavy atom. The SMILES string of the molecule is CC(C)(C)OC(=O)NCc1ccc(C(=O)NCc2ccccc2CN2CCOCC2)cc1. The number of morpholine rings is 1. The van der Waals surface area contributed by atoms with Crippen LogP contribution in [0.4, 0.5) is 4.79 Å². The average molecular weight is 440 g/mol. The van der Waals surface area contributed by atoms with E-state index in [1.165, 1.54) is 5.56 Å². The topological polar surface area (TPSA) is 79.9 Å². The van der Waals surface area contributed by atoms with Gasteiger partial charge in [0.1, 0.15) is 5.60 Å². The van der Waals surface area contributed by atoms with E-state index in [0.717, 1.165) is 44.0 Å². The van der Waals surface area contributed by atoms with Crippen molar-refractivity contribution in [3.63, 3.8) is 0 Å². The van der Waals surface area contributed by atoms with E-state index in [1.54, 1.807) is 12.1 Å². The minimum atomic E-state index is -0.535. The first-order chi connectivity index (χ1) is 15.3. The predicted molar refractivity (Wildman–Crippen MR) is 123 cm³/mol. The summed E-state index contributed by atoms with van der Waals surface area (Å²) in [4.78, 5) is 26.8. The first kappa shape index (κ1) is 23.8. The standard InChI is InChI=1S/C25H33N3O4/c1-25(2,3)32-24(30)27-16-19-8-10-20(11-9-19)23(29)26-17-21-6-4-5-7-22(21)18-28-12-14-31-15-13-28/h4-11H,12-18H2,1-3H3,(H,26,29)(H,27,30). The number of carbonyl (C=O) groups excluding carboxylic acids is 2. The Labute approximate surface area is 190 Å². The van der Waals surface area contributed by atoms with Gasteiger partial charge in [0.2, 0.25) is 0 Å². The number of nitrogens with zero attached hydrogens (tertiary/aromatic N) is 1. The lowest BCUT2D eigenvalue weighted by molar-refractivity contribution is 0.0340. The average Bonchev–Trinajstić information content (AvgIpc) is 2.77. The van der Waals surface area contributed by atoms with Gasteiger partial charge in [-0.2, -0.15) is 0 Å². The zero-order valence-electron chi connectivity index (χ0n) is 19.1. The smallest absolute Gasteiger partial charge is 0.407 e. The van der Waals surface area contributed by atoms with Crippen LogP contribution < -0.4 is 10.6 Å². The van der Waals surface area contributed by atoms with Crippen LogP contribution in [0.3, 0.4) is 0 Å². The van der Waals surface area contributed by atoms with Crippen molar-refractivity contribution in [1.82, 2.24) is 15.5 Å². The lowest BCUT2D eigenvalue weighted by Gasteiger charge is -2.27. The highest BCUT2D eigenvalue weighted by atomic mass is 16.6. The van der Waals surface area contributed by atoms with Crippen molar-refractivity contribution in [3.8, 4) is 0 Å². The van der Waals surface area contributed by atoms with Crippen LogP contribution in [-0.2, 0) is 29.1 Å². The molecule has 172 valence electrons. The van der Waals surface area contributed by atoms with E-state index < -0.39 is 11.7 Å². The summed E-state index contributed by atoms with van der Waals surface area (Å²) in [6.45, 7) is 10.5. The third kappa shape index (κ3) is 7.66. The molecule has 0 unspecified atom stereocenters. The molecule has 1 fully saturated rings. The third-order valence-corrected chi connectivity index (χ3v) is 5.11. The van der Waals surface area contributed by atoms with E-state index in [0.29, 0.717) is 18.7 Å². The molecular formula is C25H33N3O4. The molecule has 7 heteroatoms. The van der Waals surface area contributed by atoms with Crippen LogP contribution in [0.2, 0.25) is 0 Å². The summed E-state index contributed by atoms with van der Waals surface area (Å²) in [6.07, 6.45) is -0.463. The van der Waals surface area contributed by atoms with Crippen LogP contribution in [0.15, 0.2) is 48.5 Å². The van der Waals surface area contributed by atoms with Gasteiger partial charge >= 0.3 is 6.09 Å². The molecule has 0 bridgehead atoms. The van der Waals surface area contributed by atoms with Crippen molar-refractivity contribution in [1.29, 1.82) is 0 Å². The van der Waals surface area contributed by atoms with Gasteiger partial charge in [-0.1, -0.05) is 36.4 Å². The van der Waals surface area contributed by atoms with Crippen molar-refractivity contribution >= 4 is 12.0 Å². The summed E-state index contributed by atoms with van der Waals surface area (Å²) >= 11 is 0. The summed E-state index contributed by atoms with van der Waals surface area (Å²) in [6, 6.07) is 15.4. The largest absolute Gasteiger partial charge is 0.444 e. The van der Waals surface area contributed by atoms with Crippen LogP contribution in [0, 0.1) is 0 Å². The summed E-state index contributed by atoms with van der Waals surface area (Å²) in [5.41, 5.74) is 3.27. The number of benzene rings is 2. The third-order valence-electron chi connectivity index (χ3n) is 5.11. The van der Waals surface area contributed by atoms with Crippen molar-refractivity contribution in [3.05, 3.63) is 70.8 Å². The molecule has 0 aromatic heterocycles. The molecule has 0 atom stereocenters. The summed E-state index contributed by atoms with van der Waals surface area (Å²) < 4.78 is 10.7. The van der Waals surface area contributed by atoms with Crippen LogP contribution in [0.25, 0.3) is 0 Å². The summed E-state index contributed by atoms with van der Waals surface area (Å²) in [5.74, 6) is -0.127. The quantitative estimate of drug-likeness (QED) is 0.691. The molecule has 2 amide bonds. The van der Waals surface area contributed by atoms with E-state index in [1.807, 2.05) is 45.0 Å². The molecule has 1 heterocycles. The lowest BCUT2D eigenvalue weighted by atomic mass is 10.1. The highest BCUT2D eigenvalue weighted by Gasteiger charge is 2.16. The predicted octanol–water partition coefficient (Wildman–Crippen LogP) is 3.47. The fourth-order valence-corrected chi connectivity index (χ4v) is 3.42. The number of carbonyl (C=O) groups is 2. The molecule has 1 saturated heterocycles. The fourth-order valence-electron chi connectivity index (χ4n) is 3.42. The van der Waals surface area contributed by atoms with E-state index >= 15 is 0 Å². The monoisotopic (exact) mass is 439 g/mol. The second-order valence-corrected chi connectivity index (χ2v) is 8.89. The zero-order chi connectivity index (χ0) is 23.0. The normalized spacial score (nSPS) is 14.6. The molecule has 0 saturated carbocycles. The maximum absolute atomic E-state index is 12.6. The van der Waals surface area contributed by atoms with Gasteiger partial charge in [-0.25, -0.2) is 4.79 Å². The van der Waals surface area contributed by atoms with Gasteiger partial charge in [0.05, 0.1) is 13.2 Å².